The first kappa shape index (κ1) is 9.28. The summed E-state index contributed by atoms with van der Waals surface area (Å²) >= 11 is 0. The summed E-state index contributed by atoms with van der Waals surface area (Å²) in [6.07, 6.45) is -0.475. The number of aliphatic hydroxyl groups is 1. The summed E-state index contributed by atoms with van der Waals surface area (Å²) in [6, 6.07) is 7.60. The molecule has 2 rings (SSSR count). The van der Waals surface area contributed by atoms with Crippen molar-refractivity contribution < 1.29 is 9.84 Å². The van der Waals surface area contributed by atoms with E-state index in [2.05, 4.69) is 6.58 Å². The molecular formula is C12H14O2. The van der Waals surface area contributed by atoms with Crippen molar-refractivity contribution in [3.8, 4) is 5.75 Å². The Morgan fingerprint density at radius 3 is 2.93 bits per heavy atom. The molecule has 0 saturated carbocycles. The highest BCUT2D eigenvalue weighted by Gasteiger charge is 2.29. The molecule has 0 aromatic heterocycles. The van der Waals surface area contributed by atoms with Crippen LogP contribution in [0.5, 0.6) is 5.75 Å². The average Bonchev–Trinajstić information content (AvgIpc) is 2.18. The van der Waals surface area contributed by atoms with Gasteiger partial charge < -0.3 is 9.84 Å². The molecule has 0 saturated heterocycles. The first-order chi connectivity index (χ1) is 6.70. The molecule has 74 valence electrons. The van der Waals surface area contributed by atoms with E-state index in [0.717, 1.165) is 16.9 Å². The number of benzene rings is 1. The first-order valence-electron chi connectivity index (χ1n) is 4.75. The number of para-hydroxylation sites is 1. The Kier molecular flexibility index (Phi) is 2.30. The molecule has 0 spiro atoms. The van der Waals surface area contributed by atoms with Crippen LogP contribution < -0.4 is 4.74 Å². The summed E-state index contributed by atoms with van der Waals surface area (Å²) in [5.74, 6) is 0.808. The van der Waals surface area contributed by atoms with Gasteiger partial charge in [-0.25, -0.2) is 0 Å². The van der Waals surface area contributed by atoms with Crippen molar-refractivity contribution >= 4 is 0 Å². The zero-order chi connectivity index (χ0) is 10.1. The van der Waals surface area contributed by atoms with E-state index in [4.69, 9.17) is 4.74 Å². The number of rotatable bonds is 1. The second kappa shape index (κ2) is 3.46. The molecule has 1 aromatic carbocycles. The summed E-state index contributed by atoms with van der Waals surface area (Å²) in [7, 11) is 0. The van der Waals surface area contributed by atoms with Gasteiger partial charge in [0.05, 0.1) is 12.7 Å². The van der Waals surface area contributed by atoms with Crippen LogP contribution in [0.15, 0.2) is 36.4 Å². The normalized spacial score (nSPS) is 25.0. The fraction of sp³-hybridized carbons (Fsp3) is 0.333. The number of hydrogen-bond donors (Lipinski definition) is 1. The fourth-order valence-electron chi connectivity index (χ4n) is 1.76. The molecule has 1 aromatic rings. The molecule has 1 heterocycles. The van der Waals surface area contributed by atoms with Crippen LogP contribution in [-0.2, 0) is 0 Å². The minimum absolute atomic E-state index is 0.0184. The summed E-state index contributed by atoms with van der Waals surface area (Å²) in [5.41, 5.74) is 1.83. The van der Waals surface area contributed by atoms with Gasteiger partial charge in [-0.1, -0.05) is 30.4 Å². The molecule has 2 heteroatoms. The van der Waals surface area contributed by atoms with Crippen LogP contribution in [0, 0.1) is 5.92 Å². The Labute approximate surface area is 83.8 Å². The molecule has 1 aliphatic heterocycles. The third kappa shape index (κ3) is 1.42. The minimum atomic E-state index is -0.475. The van der Waals surface area contributed by atoms with Crippen molar-refractivity contribution in [2.24, 2.45) is 5.92 Å². The largest absolute Gasteiger partial charge is 0.492 e. The lowest BCUT2D eigenvalue weighted by Gasteiger charge is -2.30. The number of hydrogen-bond acceptors (Lipinski definition) is 2. The third-order valence-corrected chi connectivity index (χ3v) is 2.67. The molecule has 0 bridgehead atoms. The molecule has 1 N–H and O–H groups in total. The predicted octanol–water partition coefficient (Wildman–Crippen LogP) is 2.30. The topological polar surface area (TPSA) is 29.5 Å². The number of fused-ring (bicyclic) bond motifs is 1. The molecule has 14 heavy (non-hydrogen) atoms. The van der Waals surface area contributed by atoms with E-state index in [-0.39, 0.29) is 5.92 Å². The van der Waals surface area contributed by atoms with E-state index < -0.39 is 6.10 Å². The predicted molar refractivity (Wildman–Crippen MR) is 55.2 cm³/mol. The van der Waals surface area contributed by atoms with Crippen molar-refractivity contribution in [1.82, 2.24) is 0 Å². The molecule has 0 aliphatic carbocycles. The monoisotopic (exact) mass is 190 g/mol. The van der Waals surface area contributed by atoms with E-state index in [1.54, 1.807) is 0 Å². The van der Waals surface area contributed by atoms with Gasteiger partial charge >= 0.3 is 0 Å². The van der Waals surface area contributed by atoms with Crippen molar-refractivity contribution in [2.75, 3.05) is 6.61 Å². The Morgan fingerprint density at radius 2 is 2.21 bits per heavy atom. The van der Waals surface area contributed by atoms with E-state index in [9.17, 15) is 5.11 Å². The molecule has 2 nitrogen and oxygen atoms in total. The van der Waals surface area contributed by atoms with Crippen LogP contribution in [-0.4, -0.2) is 11.7 Å². The highest BCUT2D eigenvalue weighted by Crippen LogP contribution is 2.37. The molecule has 0 radical (unpaired) electrons. The Morgan fingerprint density at radius 1 is 1.50 bits per heavy atom. The molecule has 0 amide bonds. The van der Waals surface area contributed by atoms with Crippen LogP contribution in [0.1, 0.15) is 18.6 Å². The quantitative estimate of drug-likeness (QED) is 0.688. The van der Waals surface area contributed by atoms with Gasteiger partial charge in [0.1, 0.15) is 5.75 Å². The third-order valence-electron chi connectivity index (χ3n) is 2.67. The Balaban J connectivity index is 2.36. The van der Waals surface area contributed by atoms with Gasteiger partial charge in [0.15, 0.2) is 0 Å². The number of ether oxygens (including phenoxy) is 1. The lowest BCUT2D eigenvalue weighted by atomic mass is 9.89. The van der Waals surface area contributed by atoms with Crippen LogP contribution in [0.4, 0.5) is 0 Å². The molecule has 1 aliphatic rings. The fourth-order valence-corrected chi connectivity index (χ4v) is 1.76. The van der Waals surface area contributed by atoms with Crippen LogP contribution in [0.25, 0.3) is 0 Å². The zero-order valence-corrected chi connectivity index (χ0v) is 8.23. The zero-order valence-electron chi connectivity index (χ0n) is 8.23. The maximum atomic E-state index is 10.1. The highest BCUT2D eigenvalue weighted by atomic mass is 16.5. The van der Waals surface area contributed by atoms with Gasteiger partial charge in [-0.15, -0.1) is 0 Å². The van der Waals surface area contributed by atoms with Gasteiger partial charge in [0.25, 0.3) is 0 Å². The van der Waals surface area contributed by atoms with Gasteiger partial charge in [-0.3, -0.25) is 0 Å². The standard InChI is InChI=1S/C12H14O2/c1-8(2)10-7-14-11-6-4-3-5-9(11)12(10)13/h3-6,10,12-13H,1,7H2,2H3. The Bertz CT molecular complexity index is 357. The lowest BCUT2D eigenvalue weighted by molar-refractivity contribution is 0.0692. The first-order valence-corrected chi connectivity index (χ1v) is 4.75. The van der Waals surface area contributed by atoms with Crippen LogP contribution in [0.3, 0.4) is 0 Å². The smallest absolute Gasteiger partial charge is 0.125 e. The minimum Gasteiger partial charge on any atom is -0.492 e. The summed E-state index contributed by atoms with van der Waals surface area (Å²) in [4.78, 5) is 0. The summed E-state index contributed by atoms with van der Waals surface area (Å²) in [6.45, 7) is 6.31. The SMILES string of the molecule is C=C(C)C1COc2ccccc2C1O. The second-order valence-corrected chi connectivity index (χ2v) is 3.75. The van der Waals surface area contributed by atoms with Crippen molar-refractivity contribution in [1.29, 1.82) is 0 Å². The summed E-state index contributed by atoms with van der Waals surface area (Å²) in [5, 5.41) is 10.1. The van der Waals surface area contributed by atoms with Crippen molar-refractivity contribution in [2.45, 2.75) is 13.0 Å². The van der Waals surface area contributed by atoms with Crippen molar-refractivity contribution in [3.63, 3.8) is 0 Å². The number of aliphatic hydroxyl groups excluding tert-OH is 1. The van der Waals surface area contributed by atoms with E-state index in [1.165, 1.54) is 0 Å². The average molecular weight is 190 g/mol. The van der Waals surface area contributed by atoms with Crippen molar-refractivity contribution in [3.05, 3.63) is 42.0 Å². The van der Waals surface area contributed by atoms with Crippen LogP contribution in [0.2, 0.25) is 0 Å². The van der Waals surface area contributed by atoms with E-state index in [1.807, 2.05) is 31.2 Å². The maximum Gasteiger partial charge on any atom is 0.125 e. The second-order valence-electron chi connectivity index (χ2n) is 3.75. The van der Waals surface area contributed by atoms with Gasteiger partial charge in [-0.2, -0.15) is 0 Å². The molecule has 2 atom stereocenters. The van der Waals surface area contributed by atoms with Gasteiger partial charge in [0.2, 0.25) is 0 Å². The maximum absolute atomic E-state index is 10.1. The lowest BCUT2D eigenvalue weighted by Crippen LogP contribution is -2.26. The van der Waals surface area contributed by atoms with E-state index in [0.29, 0.717) is 6.61 Å². The van der Waals surface area contributed by atoms with Gasteiger partial charge in [-0.05, 0) is 13.0 Å². The van der Waals surface area contributed by atoms with Gasteiger partial charge in [0, 0.05) is 11.5 Å². The molecule has 0 fully saturated rings. The molecular weight excluding hydrogens is 176 g/mol. The summed E-state index contributed by atoms with van der Waals surface area (Å²) < 4.78 is 5.55. The molecule has 2 unspecified atom stereocenters. The van der Waals surface area contributed by atoms with E-state index >= 15 is 0 Å². The Hall–Kier alpha value is -1.28. The van der Waals surface area contributed by atoms with Crippen LogP contribution >= 0.6 is 0 Å². The highest BCUT2D eigenvalue weighted by molar-refractivity contribution is 5.38.